The lowest BCUT2D eigenvalue weighted by atomic mass is 9.88. The van der Waals surface area contributed by atoms with Crippen molar-refractivity contribution in [2.24, 2.45) is 17.8 Å². The van der Waals surface area contributed by atoms with E-state index in [-0.39, 0.29) is 17.8 Å². The average molecular weight is 301 g/mol. The van der Waals surface area contributed by atoms with Gasteiger partial charge in [-0.15, -0.1) is 0 Å². The molecule has 3 atom stereocenters. The minimum absolute atomic E-state index is 0.133. The number of hydrogen-bond acceptors (Lipinski definition) is 3. The molecule has 0 radical (unpaired) electrons. The molecule has 1 aromatic rings. The third kappa shape index (κ3) is 3.16. The Morgan fingerprint density at radius 1 is 1.18 bits per heavy atom. The van der Waals surface area contributed by atoms with E-state index < -0.39 is 0 Å². The molecule has 2 aliphatic carbocycles. The first-order valence-corrected chi connectivity index (χ1v) is 8.25. The average Bonchev–Trinajstić information content (AvgIpc) is 3.16. The molecule has 4 heteroatoms. The second-order valence-corrected chi connectivity index (χ2v) is 6.48. The van der Waals surface area contributed by atoms with Crippen molar-refractivity contribution in [2.75, 3.05) is 11.9 Å². The Kier molecular flexibility index (Phi) is 4.46. The summed E-state index contributed by atoms with van der Waals surface area (Å²) in [4.78, 5) is 24.1. The van der Waals surface area contributed by atoms with Gasteiger partial charge in [0.1, 0.15) is 0 Å². The summed E-state index contributed by atoms with van der Waals surface area (Å²) in [6, 6.07) is 6.95. The zero-order valence-corrected chi connectivity index (χ0v) is 13.0. The topological polar surface area (TPSA) is 55.4 Å². The number of amides is 1. The molecular weight excluding hydrogens is 278 g/mol. The molecule has 22 heavy (non-hydrogen) atoms. The van der Waals surface area contributed by atoms with Gasteiger partial charge in [-0.25, -0.2) is 4.79 Å². The van der Waals surface area contributed by atoms with Crippen molar-refractivity contribution in [3.8, 4) is 0 Å². The van der Waals surface area contributed by atoms with Crippen LogP contribution in [0.3, 0.4) is 0 Å². The van der Waals surface area contributed by atoms with E-state index in [1.54, 1.807) is 24.3 Å². The van der Waals surface area contributed by atoms with E-state index in [1.165, 1.54) is 19.3 Å². The minimum atomic E-state index is -0.312. The van der Waals surface area contributed by atoms with Gasteiger partial charge in [-0.1, -0.05) is 13.3 Å². The second kappa shape index (κ2) is 6.51. The number of hydrogen-bond donors (Lipinski definition) is 1. The largest absolute Gasteiger partial charge is 0.462 e. The Balaban J connectivity index is 1.57. The van der Waals surface area contributed by atoms with E-state index in [9.17, 15) is 9.59 Å². The highest BCUT2D eigenvalue weighted by molar-refractivity contribution is 5.94. The van der Waals surface area contributed by atoms with Crippen LogP contribution in [0.25, 0.3) is 0 Å². The maximum absolute atomic E-state index is 12.4. The molecule has 2 bridgehead atoms. The van der Waals surface area contributed by atoms with E-state index in [2.05, 4.69) is 5.32 Å². The summed E-state index contributed by atoms with van der Waals surface area (Å²) in [5.74, 6) is 1.33. The van der Waals surface area contributed by atoms with Crippen molar-refractivity contribution < 1.29 is 14.3 Å². The maximum atomic E-state index is 12.4. The number of esters is 1. The summed E-state index contributed by atoms with van der Waals surface area (Å²) in [5, 5.41) is 2.99. The van der Waals surface area contributed by atoms with E-state index in [0.717, 1.165) is 24.4 Å². The first-order chi connectivity index (χ1) is 10.7. The third-order valence-corrected chi connectivity index (χ3v) is 4.90. The Morgan fingerprint density at radius 3 is 2.55 bits per heavy atom. The fraction of sp³-hybridized carbons (Fsp3) is 0.556. The van der Waals surface area contributed by atoms with Crippen LogP contribution >= 0.6 is 0 Å². The first-order valence-electron chi connectivity index (χ1n) is 8.25. The van der Waals surface area contributed by atoms with Gasteiger partial charge in [-0.3, -0.25) is 4.79 Å². The van der Waals surface area contributed by atoms with Crippen molar-refractivity contribution in [1.29, 1.82) is 0 Å². The van der Waals surface area contributed by atoms with Gasteiger partial charge >= 0.3 is 5.97 Å². The molecule has 1 N–H and O–H groups in total. The fourth-order valence-corrected chi connectivity index (χ4v) is 3.77. The monoisotopic (exact) mass is 301 g/mol. The molecule has 0 saturated heterocycles. The Hall–Kier alpha value is -1.84. The molecule has 2 fully saturated rings. The summed E-state index contributed by atoms with van der Waals surface area (Å²) in [6.07, 6.45) is 5.57. The van der Waals surface area contributed by atoms with Crippen molar-refractivity contribution >= 4 is 17.6 Å². The van der Waals surface area contributed by atoms with Crippen LogP contribution in [0, 0.1) is 17.8 Å². The lowest BCUT2D eigenvalue weighted by Gasteiger charge is -2.20. The van der Waals surface area contributed by atoms with Crippen LogP contribution in [0.1, 0.15) is 49.4 Å². The lowest BCUT2D eigenvalue weighted by Crippen LogP contribution is -2.27. The van der Waals surface area contributed by atoms with Gasteiger partial charge in [-0.05, 0) is 61.8 Å². The van der Waals surface area contributed by atoms with Gasteiger partial charge < -0.3 is 10.1 Å². The van der Waals surface area contributed by atoms with Crippen LogP contribution < -0.4 is 5.32 Å². The van der Waals surface area contributed by atoms with Gasteiger partial charge in [0, 0.05) is 11.6 Å². The van der Waals surface area contributed by atoms with E-state index >= 15 is 0 Å². The molecule has 0 spiro atoms. The number of carbonyl (C=O) groups excluding carboxylic acids is 2. The highest BCUT2D eigenvalue weighted by Crippen LogP contribution is 2.48. The van der Waals surface area contributed by atoms with Gasteiger partial charge in [0.15, 0.2) is 0 Å². The molecule has 0 aliphatic heterocycles. The number of ether oxygens (including phenoxy) is 1. The first kappa shape index (κ1) is 15.1. The van der Waals surface area contributed by atoms with Crippen molar-refractivity contribution in [1.82, 2.24) is 0 Å². The second-order valence-electron chi connectivity index (χ2n) is 6.48. The number of benzene rings is 1. The van der Waals surface area contributed by atoms with Gasteiger partial charge in [0.25, 0.3) is 0 Å². The molecule has 2 saturated carbocycles. The number of anilines is 1. The predicted octanol–water partition coefficient (Wildman–Crippen LogP) is 3.63. The molecular formula is C18H23NO3. The zero-order chi connectivity index (χ0) is 15.5. The highest BCUT2D eigenvalue weighted by Gasteiger charge is 2.42. The van der Waals surface area contributed by atoms with E-state index in [0.29, 0.717) is 18.1 Å². The van der Waals surface area contributed by atoms with E-state index in [1.807, 2.05) is 6.92 Å². The van der Waals surface area contributed by atoms with Crippen molar-refractivity contribution in [3.05, 3.63) is 29.8 Å². The van der Waals surface area contributed by atoms with Crippen LogP contribution in [-0.2, 0) is 9.53 Å². The highest BCUT2D eigenvalue weighted by atomic mass is 16.5. The zero-order valence-electron chi connectivity index (χ0n) is 13.0. The Morgan fingerprint density at radius 2 is 1.95 bits per heavy atom. The van der Waals surface area contributed by atoms with Crippen LogP contribution in [0.4, 0.5) is 5.69 Å². The number of rotatable bonds is 5. The van der Waals surface area contributed by atoms with Gasteiger partial charge in [0.2, 0.25) is 5.91 Å². The fourth-order valence-electron chi connectivity index (χ4n) is 3.77. The SMILES string of the molecule is CCCOC(=O)c1ccc(NC(=O)C2CC3CCC2C3)cc1. The molecule has 1 amide bonds. The number of fused-ring (bicyclic) bond motifs is 2. The summed E-state index contributed by atoms with van der Waals surface area (Å²) in [7, 11) is 0. The lowest BCUT2D eigenvalue weighted by molar-refractivity contribution is -0.121. The molecule has 3 rings (SSSR count). The normalized spacial score (nSPS) is 26.0. The maximum Gasteiger partial charge on any atom is 0.338 e. The van der Waals surface area contributed by atoms with Crippen molar-refractivity contribution in [3.63, 3.8) is 0 Å². The standard InChI is InChI=1S/C18H23NO3/c1-2-9-22-18(21)13-5-7-15(8-6-13)19-17(20)16-11-12-3-4-14(16)10-12/h5-8,12,14,16H,2-4,9-11H2,1H3,(H,19,20). The summed E-state index contributed by atoms with van der Waals surface area (Å²) < 4.78 is 5.09. The Bertz CT molecular complexity index is 552. The van der Waals surface area contributed by atoms with Crippen LogP contribution in [0.2, 0.25) is 0 Å². The third-order valence-electron chi connectivity index (χ3n) is 4.90. The molecule has 0 heterocycles. The van der Waals surface area contributed by atoms with Crippen LogP contribution in [0.15, 0.2) is 24.3 Å². The van der Waals surface area contributed by atoms with Crippen molar-refractivity contribution in [2.45, 2.75) is 39.0 Å². The molecule has 118 valence electrons. The summed E-state index contributed by atoms with van der Waals surface area (Å²) in [6.45, 7) is 2.39. The van der Waals surface area contributed by atoms with Crippen LogP contribution in [-0.4, -0.2) is 18.5 Å². The van der Waals surface area contributed by atoms with Crippen LogP contribution in [0.5, 0.6) is 0 Å². The summed E-state index contributed by atoms with van der Waals surface area (Å²) >= 11 is 0. The number of carbonyl (C=O) groups is 2. The molecule has 2 aliphatic rings. The molecule has 3 unspecified atom stereocenters. The quantitative estimate of drug-likeness (QED) is 0.845. The number of nitrogens with one attached hydrogen (secondary N) is 1. The summed E-state index contributed by atoms with van der Waals surface area (Å²) in [5.41, 5.74) is 1.27. The van der Waals surface area contributed by atoms with Gasteiger partial charge in [0.05, 0.1) is 12.2 Å². The predicted molar refractivity (Wildman–Crippen MR) is 84.6 cm³/mol. The van der Waals surface area contributed by atoms with Gasteiger partial charge in [-0.2, -0.15) is 0 Å². The molecule has 4 nitrogen and oxygen atoms in total. The molecule has 1 aromatic carbocycles. The minimum Gasteiger partial charge on any atom is -0.462 e. The smallest absolute Gasteiger partial charge is 0.338 e. The molecule has 0 aromatic heterocycles. The van der Waals surface area contributed by atoms with E-state index in [4.69, 9.17) is 4.74 Å². The Labute approximate surface area is 131 Å².